The van der Waals surface area contributed by atoms with Gasteiger partial charge >= 0.3 is 0 Å². The van der Waals surface area contributed by atoms with Crippen LogP contribution in [-0.4, -0.2) is 11.7 Å². The van der Waals surface area contributed by atoms with Crippen molar-refractivity contribution < 1.29 is 5.11 Å². The van der Waals surface area contributed by atoms with E-state index in [0.29, 0.717) is 5.92 Å². The highest BCUT2D eigenvalue weighted by Crippen LogP contribution is 2.21. The molecule has 0 amide bonds. The van der Waals surface area contributed by atoms with Gasteiger partial charge in [-0.05, 0) is 17.6 Å². The zero-order chi connectivity index (χ0) is 10.4. The molecule has 1 heteroatoms. The zero-order valence-electron chi connectivity index (χ0n) is 8.70. The summed E-state index contributed by atoms with van der Waals surface area (Å²) in [7, 11) is 0. The number of aliphatic hydroxyl groups excluding tert-OH is 1. The van der Waals surface area contributed by atoms with E-state index in [9.17, 15) is 0 Å². The van der Waals surface area contributed by atoms with Gasteiger partial charge in [0.15, 0.2) is 0 Å². The number of benzene rings is 1. The minimum Gasteiger partial charge on any atom is -0.392 e. The van der Waals surface area contributed by atoms with Gasteiger partial charge in [-0.3, -0.25) is 0 Å². The van der Waals surface area contributed by atoms with Gasteiger partial charge in [0, 0.05) is 5.57 Å². The second kappa shape index (κ2) is 5.43. The highest BCUT2D eigenvalue weighted by Gasteiger charge is 2.03. The van der Waals surface area contributed by atoms with Gasteiger partial charge in [-0.25, -0.2) is 0 Å². The Morgan fingerprint density at radius 3 is 2.50 bits per heavy atom. The lowest BCUT2D eigenvalue weighted by Gasteiger charge is -2.08. The Morgan fingerprint density at radius 1 is 1.36 bits per heavy atom. The van der Waals surface area contributed by atoms with E-state index in [0.717, 1.165) is 5.57 Å². The van der Waals surface area contributed by atoms with E-state index in [2.05, 4.69) is 31.7 Å². The average Bonchev–Trinajstić information content (AvgIpc) is 2.19. The van der Waals surface area contributed by atoms with Crippen LogP contribution in [0.4, 0.5) is 0 Å². The van der Waals surface area contributed by atoms with Crippen LogP contribution in [0.25, 0.3) is 5.57 Å². The van der Waals surface area contributed by atoms with Crippen molar-refractivity contribution in [2.45, 2.75) is 13.8 Å². The number of aliphatic hydroxyl groups is 1. The first kappa shape index (κ1) is 10.8. The Labute approximate surface area is 85.4 Å². The smallest absolute Gasteiger partial charge is 0.0686 e. The first-order valence-corrected chi connectivity index (χ1v) is 4.87. The topological polar surface area (TPSA) is 20.2 Å². The zero-order valence-corrected chi connectivity index (χ0v) is 8.70. The summed E-state index contributed by atoms with van der Waals surface area (Å²) in [5.74, 6) is 0.417. The molecule has 0 heterocycles. The largest absolute Gasteiger partial charge is 0.392 e. The summed E-state index contributed by atoms with van der Waals surface area (Å²) < 4.78 is 0. The molecule has 0 aliphatic carbocycles. The standard InChI is InChI=1S/C13H16O/c1-11(2)13(9-6-10-14)12-7-4-3-5-8-12/h3-8,11,14H,10H2,1-2H3. The molecule has 0 bridgehead atoms. The number of hydrogen-bond acceptors (Lipinski definition) is 1. The lowest BCUT2D eigenvalue weighted by atomic mass is 9.96. The summed E-state index contributed by atoms with van der Waals surface area (Å²) >= 11 is 0. The minimum atomic E-state index is 0.0447. The summed E-state index contributed by atoms with van der Waals surface area (Å²) in [5, 5.41) is 8.71. The van der Waals surface area contributed by atoms with Gasteiger partial charge in [-0.2, -0.15) is 0 Å². The van der Waals surface area contributed by atoms with E-state index in [1.165, 1.54) is 5.56 Å². The van der Waals surface area contributed by atoms with Gasteiger partial charge in [0.05, 0.1) is 6.61 Å². The Hall–Kier alpha value is -1.30. The molecule has 0 aliphatic rings. The minimum absolute atomic E-state index is 0.0447. The molecule has 1 aromatic rings. The van der Waals surface area contributed by atoms with Crippen LogP contribution in [0.1, 0.15) is 19.4 Å². The molecule has 0 radical (unpaired) electrons. The van der Waals surface area contributed by atoms with Crippen molar-refractivity contribution >= 4 is 5.57 Å². The molecule has 0 aromatic heterocycles. The van der Waals surface area contributed by atoms with Crippen molar-refractivity contribution in [3.63, 3.8) is 0 Å². The maximum absolute atomic E-state index is 8.71. The van der Waals surface area contributed by atoms with E-state index in [-0.39, 0.29) is 6.61 Å². The summed E-state index contributed by atoms with van der Waals surface area (Å²) in [6.07, 6.45) is 1.66. The molecule has 1 nitrogen and oxygen atoms in total. The third-order valence-electron chi connectivity index (χ3n) is 2.01. The SMILES string of the molecule is CC(C)C(=C=CCO)c1ccccc1. The van der Waals surface area contributed by atoms with E-state index >= 15 is 0 Å². The second-order valence-corrected chi connectivity index (χ2v) is 3.47. The number of hydrogen-bond donors (Lipinski definition) is 1. The normalized spacial score (nSPS) is 9.71. The fraction of sp³-hybridized carbons (Fsp3) is 0.308. The lowest BCUT2D eigenvalue weighted by molar-refractivity contribution is 0.343. The molecular weight excluding hydrogens is 172 g/mol. The molecule has 0 fully saturated rings. The van der Waals surface area contributed by atoms with Crippen molar-refractivity contribution in [2.75, 3.05) is 6.61 Å². The monoisotopic (exact) mass is 188 g/mol. The predicted molar refractivity (Wildman–Crippen MR) is 59.9 cm³/mol. The predicted octanol–water partition coefficient (Wildman–Crippen LogP) is 2.87. The van der Waals surface area contributed by atoms with Crippen LogP contribution in [0.3, 0.4) is 0 Å². The second-order valence-electron chi connectivity index (χ2n) is 3.47. The molecule has 0 atom stereocenters. The van der Waals surface area contributed by atoms with Crippen LogP contribution >= 0.6 is 0 Å². The summed E-state index contributed by atoms with van der Waals surface area (Å²) in [6, 6.07) is 10.1. The van der Waals surface area contributed by atoms with Gasteiger partial charge in [-0.15, -0.1) is 5.73 Å². The first-order chi connectivity index (χ1) is 6.75. The highest BCUT2D eigenvalue weighted by molar-refractivity contribution is 5.66. The average molecular weight is 188 g/mol. The summed E-state index contributed by atoms with van der Waals surface area (Å²) in [5.41, 5.74) is 5.44. The first-order valence-electron chi connectivity index (χ1n) is 4.87. The fourth-order valence-corrected chi connectivity index (χ4v) is 1.36. The molecule has 0 unspecified atom stereocenters. The Bertz CT molecular complexity index is 330. The molecule has 0 spiro atoms. The van der Waals surface area contributed by atoms with Crippen LogP contribution in [0, 0.1) is 5.92 Å². The van der Waals surface area contributed by atoms with E-state index in [1.54, 1.807) is 6.08 Å². The Morgan fingerprint density at radius 2 is 2.00 bits per heavy atom. The van der Waals surface area contributed by atoms with Gasteiger partial charge in [0.25, 0.3) is 0 Å². The van der Waals surface area contributed by atoms with Gasteiger partial charge in [-0.1, -0.05) is 44.2 Å². The Balaban J connectivity index is 3.08. The van der Waals surface area contributed by atoms with Crippen LogP contribution in [0.5, 0.6) is 0 Å². The van der Waals surface area contributed by atoms with Gasteiger partial charge < -0.3 is 5.11 Å². The van der Waals surface area contributed by atoms with Gasteiger partial charge in [0.1, 0.15) is 0 Å². The van der Waals surface area contributed by atoms with E-state index in [1.807, 2.05) is 18.2 Å². The molecule has 0 saturated carbocycles. The molecule has 14 heavy (non-hydrogen) atoms. The number of rotatable bonds is 3. The van der Waals surface area contributed by atoms with Crippen molar-refractivity contribution in [3.8, 4) is 0 Å². The maximum Gasteiger partial charge on any atom is 0.0686 e. The fourth-order valence-electron chi connectivity index (χ4n) is 1.36. The summed E-state index contributed by atoms with van der Waals surface area (Å²) in [4.78, 5) is 0. The molecular formula is C13H16O. The van der Waals surface area contributed by atoms with Crippen LogP contribution in [0.2, 0.25) is 0 Å². The Kier molecular flexibility index (Phi) is 4.18. The van der Waals surface area contributed by atoms with Crippen molar-refractivity contribution in [1.82, 2.24) is 0 Å². The van der Waals surface area contributed by atoms with Crippen molar-refractivity contribution in [1.29, 1.82) is 0 Å². The van der Waals surface area contributed by atoms with Gasteiger partial charge in [0.2, 0.25) is 0 Å². The quantitative estimate of drug-likeness (QED) is 0.723. The lowest BCUT2D eigenvalue weighted by Crippen LogP contribution is -1.91. The molecule has 74 valence electrons. The van der Waals surface area contributed by atoms with Crippen LogP contribution in [0.15, 0.2) is 42.1 Å². The highest BCUT2D eigenvalue weighted by atomic mass is 16.2. The van der Waals surface area contributed by atoms with E-state index in [4.69, 9.17) is 5.11 Å². The molecule has 0 aliphatic heterocycles. The molecule has 1 rings (SSSR count). The summed E-state index contributed by atoms with van der Waals surface area (Å²) in [6.45, 7) is 4.30. The molecule has 0 saturated heterocycles. The van der Waals surface area contributed by atoms with E-state index < -0.39 is 0 Å². The van der Waals surface area contributed by atoms with Crippen molar-refractivity contribution in [2.24, 2.45) is 5.92 Å². The third-order valence-corrected chi connectivity index (χ3v) is 2.01. The maximum atomic E-state index is 8.71. The molecule has 1 aromatic carbocycles. The third kappa shape index (κ3) is 2.88. The van der Waals surface area contributed by atoms with Crippen LogP contribution in [-0.2, 0) is 0 Å². The van der Waals surface area contributed by atoms with Crippen molar-refractivity contribution in [3.05, 3.63) is 47.7 Å². The van der Waals surface area contributed by atoms with Crippen LogP contribution < -0.4 is 0 Å². The molecule has 1 N–H and O–H groups in total.